The number of ether oxygens (including phenoxy) is 1. The number of benzene rings is 3. The van der Waals surface area contributed by atoms with Crippen LogP contribution in [0, 0.1) is 10.1 Å². The summed E-state index contributed by atoms with van der Waals surface area (Å²) in [5.74, 6) is -0.375. The highest BCUT2D eigenvalue weighted by Crippen LogP contribution is 2.59. The van der Waals surface area contributed by atoms with Crippen LogP contribution in [0.15, 0.2) is 65.1 Å². The number of nitro groups is 1. The van der Waals surface area contributed by atoms with Gasteiger partial charge in [0.25, 0.3) is 11.9 Å². The van der Waals surface area contributed by atoms with E-state index >= 15 is 0 Å². The minimum absolute atomic E-state index is 0.170. The van der Waals surface area contributed by atoms with Crippen LogP contribution >= 0.6 is 39.1 Å². The zero-order chi connectivity index (χ0) is 25.9. The second-order valence-electron chi connectivity index (χ2n) is 9.63. The molecule has 2 fully saturated rings. The van der Waals surface area contributed by atoms with E-state index in [0.717, 1.165) is 22.9 Å². The number of carbonyl (C=O) groups excluding carboxylic acids is 1. The fourth-order valence-corrected chi connectivity index (χ4v) is 7.30. The molecule has 190 valence electrons. The van der Waals surface area contributed by atoms with Crippen molar-refractivity contribution < 1.29 is 14.5 Å². The van der Waals surface area contributed by atoms with Crippen LogP contribution in [0.2, 0.25) is 10.0 Å². The molecule has 1 amide bonds. The molecule has 1 spiro atoms. The van der Waals surface area contributed by atoms with Gasteiger partial charge < -0.3 is 10.1 Å². The van der Waals surface area contributed by atoms with Crippen LogP contribution in [0.25, 0.3) is 0 Å². The third kappa shape index (κ3) is 3.76. The van der Waals surface area contributed by atoms with Crippen LogP contribution in [0.4, 0.5) is 5.69 Å². The number of hydrogen-bond acceptors (Lipinski definition) is 5. The molecule has 3 aliphatic rings. The molecule has 37 heavy (non-hydrogen) atoms. The summed E-state index contributed by atoms with van der Waals surface area (Å²) in [7, 11) is 0. The number of hydrogen-bond donors (Lipinski definition) is 1. The highest BCUT2D eigenvalue weighted by molar-refractivity contribution is 9.10. The zero-order valence-electron chi connectivity index (χ0n) is 19.5. The molecule has 3 aromatic rings. The summed E-state index contributed by atoms with van der Waals surface area (Å²) in [6.45, 7) is 0.779. The molecule has 4 atom stereocenters. The van der Waals surface area contributed by atoms with Crippen molar-refractivity contribution in [3.8, 4) is 5.75 Å². The lowest BCUT2D eigenvalue weighted by Gasteiger charge is -2.32. The lowest BCUT2D eigenvalue weighted by atomic mass is 9.77. The van der Waals surface area contributed by atoms with Crippen LogP contribution in [-0.4, -0.2) is 34.4 Å². The van der Waals surface area contributed by atoms with Crippen molar-refractivity contribution in [3.05, 3.63) is 102 Å². The summed E-state index contributed by atoms with van der Waals surface area (Å²) in [4.78, 5) is 28.4. The molecule has 1 N–H and O–H groups in total. The summed E-state index contributed by atoms with van der Waals surface area (Å²) in [5, 5.41) is 16.8. The number of carbonyl (C=O) groups is 1. The van der Waals surface area contributed by atoms with Gasteiger partial charge in [-0.3, -0.25) is 19.8 Å². The molecule has 0 unspecified atom stereocenters. The van der Waals surface area contributed by atoms with E-state index in [-0.39, 0.29) is 23.5 Å². The number of nitrogens with one attached hydrogen (secondary N) is 1. The first kappa shape index (κ1) is 24.7. The minimum atomic E-state index is -1.38. The van der Waals surface area contributed by atoms with Crippen molar-refractivity contribution in [1.29, 1.82) is 0 Å². The van der Waals surface area contributed by atoms with Crippen LogP contribution in [0.1, 0.15) is 35.4 Å². The van der Waals surface area contributed by atoms with Gasteiger partial charge in [0, 0.05) is 54.4 Å². The highest BCUT2D eigenvalue weighted by Gasteiger charge is 2.73. The van der Waals surface area contributed by atoms with E-state index in [0.29, 0.717) is 39.2 Å². The maximum absolute atomic E-state index is 13.7. The third-order valence-corrected chi connectivity index (χ3v) is 8.90. The van der Waals surface area contributed by atoms with Gasteiger partial charge in [0.1, 0.15) is 12.4 Å². The molecule has 10 heteroatoms. The van der Waals surface area contributed by atoms with Crippen LogP contribution < -0.4 is 10.1 Å². The summed E-state index contributed by atoms with van der Waals surface area (Å²) in [6.07, 6.45) is 1.61. The van der Waals surface area contributed by atoms with E-state index in [9.17, 15) is 14.9 Å². The fraction of sp³-hybridized carbons (Fsp3) is 0.296. The molecule has 0 saturated carbocycles. The monoisotopic (exact) mass is 601 g/mol. The molecule has 0 bridgehead atoms. The number of rotatable bonds is 5. The van der Waals surface area contributed by atoms with Gasteiger partial charge in [0.2, 0.25) is 0 Å². The van der Waals surface area contributed by atoms with E-state index < -0.39 is 17.5 Å². The standard InChI is InChI=1S/C27H22BrCl2N3O4/c28-16-8-10-23(37-14-15-7-9-17(29)13-20(15)30)18(12-16)24-22-6-3-11-32(22)27(25(24)33(35)36)19-4-1-2-5-21(19)31-26(27)34/h1-2,4-5,7-10,12-13,22,24-25H,3,6,11,14H2,(H,31,34)/t22-,24+,25-,27+/m1/s1. The van der Waals surface area contributed by atoms with Crippen molar-refractivity contribution in [3.63, 3.8) is 0 Å². The van der Waals surface area contributed by atoms with Gasteiger partial charge in [-0.1, -0.05) is 63.4 Å². The Bertz CT molecular complexity index is 1440. The van der Waals surface area contributed by atoms with Crippen molar-refractivity contribution in [2.24, 2.45) is 0 Å². The Kier molecular flexibility index (Phi) is 6.18. The average Bonchev–Trinajstić information content (AvgIpc) is 3.52. The first-order chi connectivity index (χ1) is 17.8. The molecule has 3 heterocycles. The van der Waals surface area contributed by atoms with E-state index in [4.69, 9.17) is 27.9 Å². The Morgan fingerprint density at radius 3 is 2.76 bits per heavy atom. The molecule has 3 aliphatic heterocycles. The molecular weight excluding hydrogens is 581 g/mol. The van der Waals surface area contributed by atoms with Crippen molar-refractivity contribution in [2.45, 2.75) is 43.0 Å². The number of para-hydroxylation sites is 1. The maximum atomic E-state index is 13.7. The predicted molar refractivity (Wildman–Crippen MR) is 145 cm³/mol. The Balaban J connectivity index is 1.47. The Morgan fingerprint density at radius 1 is 1.16 bits per heavy atom. The Morgan fingerprint density at radius 2 is 1.97 bits per heavy atom. The first-order valence-electron chi connectivity index (χ1n) is 12.0. The summed E-state index contributed by atoms with van der Waals surface area (Å²) < 4.78 is 7.03. The van der Waals surface area contributed by atoms with Gasteiger partial charge in [-0.2, -0.15) is 0 Å². The first-order valence-corrected chi connectivity index (χ1v) is 13.5. The van der Waals surface area contributed by atoms with Crippen molar-refractivity contribution >= 4 is 50.7 Å². The Labute approximate surface area is 232 Å². The molecule has 7 nitrogen and oxygen atoms in total. The topological polar surface area (TPSA) is 84.7 Å². The summed E-state index contributed by atoms with van der Waals surface area (Å²) >= 11 is 15.9. The lowest BCUT2D eigenvalue weighted by Crippen LogP contribution is -2.55. The van der Waals surface area contributed by atoms with Crippen LogP contribution in [0.5, 0.6) is 5.75 Å². The second-order valence-corrected chi connectivity index (χ2v) is 11.4. The number of amides is 1. The molecule has 3 aromatic carbocycles. The highest BCUT2D eigenvalue weighted by atomic mass is 79.9. The molecular formula is C27H22BrCl2N3O4. The smallest absolute Gasteiger partial charge is 0.256 e. The van der Waals surface area contributed by atoms with Gasteiger partial charge in [-0.05, 0) is 49.2 Å². The largest absolute Gasteiger partial charge is 0.489 e. The van der Waals surface area contributed by atoms with Gasteiger partial charge in [-0.25, -0.2) is 0 Å². The van der Waals surface area contributed by atoms with Gasteiger partial charge in [-0.15, -0.1) is 0 Å². The predicted octanol–water partition coefficient (Wildman–Crippen LogP) is 6.39. The molecule has 0 aromatic heterocycles. The quantitative estimate of drug-likeness (QED) is 0.270. The van der Waals surface area contributed by atoms with E-state index in [1.54, 1.807) is 24.3 Å². The van der Waals surface area contributed by atoms with Gasteiger partial charge in [0.05, 0.1) is 5.92 Å². The fourth-order valence-electron chi connectivity index (χ4n) is 6.45. The normalized spacial score (nSPS) is 26.2. The van der Waals surface area contributed by atoms with E-state index in [2.05, 4.69) is 26.1 Å². The summed E-state index contributed by atoms with van der Waals surface area (Å²) in [6, 6.07) is 16.6. The van der Waals surface area contributed by atoms with E-state index in [1.165, 1.54) is 0 Å². The number of nitrogens with zero attached hydrogens (tertiary/aromatic N) is 2. The number of anilines is 1. The lowest BCUT2D eigenvalue weighted by molar-refractivity contribution is -0.534. The van der Waals surface area contributed by atoms with Gasteiger partial charge >= 0.3 is 0 Å². The molecule has 6 rings (SSSR count). The summed E-state index contributed by atoms with van der Waals surface area (Å²) in [5.41, 5.74) is 1.37. The SMILES string of the molecule is O=C1Nc2ccccc2[C@]12[C@H]([N+](=O)[O-])[C@@H](c1cc(Br)ccc1OCc1ccc(Cl)cc1Cl)[C@H]1CCCN12. The molecule has 2 saturated heterocycles. The molecule has 0 radical (unpaired) electrons. The van der Waals surface area contributed by atoms with E-state index in [1.807, 2.05) is 36.4 Å². The number of halogens is 3. The van der Waals surface area contributed by atoms with Crippen LogP contribution in [-0.2, 0) is 16.9 Å². The number of fused-ring (bicyclic) bond motifs is 4. The van der Waals surface area contributed by atoms with Gasteiger partial charge in [0.15, 0.2) is 5.54 Å². The zero-order valence-corrected chi connectivity index (χ0v) is 22.6. The average molecular weight is 603 g/mol. The minimum Gasteiger partial charge on any atom is -0.489 e. The third-order valence-electron chi connectivity index (χ3n) is 7.82. The Hall–Kier alpha value is -2.65. The maximum Gasteiger partial charge on any atom is 0.256 e. The second kappa shape index (κ2) is 9.27. The molecule has 0 aliphatic carbocycles. The van der Waals surface area contributed by atoms with Crippen LogP contribution in [0.3, 0.4) is 0 Å². The van der Waals surface area contributed by atoms with Crippen molar-refractivity contribution in [1.82, 2.24) is 4.90 Å². The van der Waals surface area contributed by atoms with Crippen molar-refractivity contribution in [2.75, 3.05) is 11.9 Å².